The predicted octanol–water partition coefficient (Wildman–Crippen LogP) is 3.71. The Labute approximate surface area is 264 Å². The molecule has 1 aliphatic heterocycles. The van der Waals surface area contributed by atoms with E-state index >= 15 is 0 Å². The molecular formula is C33H36N2O9S. The zero-order chi connectivity index (χ0) is 32.5. The van der Waals surface area contributed by atoms with E-state index in [1.165, 1.54) is 23.0 Å². The molecule has 1 aromatic heterocycles. The summed E-state index contributed by atoms with van der Waals surface area (Å²) in [6.07, 6.45) is 3.40. The molecule has 11 nitrogen and oxygen atoms in total. The van der Waals surface area contributed by atoms with E-state index in [9.17, 15) is 14.4 Å². The van der Waals surface area contributed by atoms with Crippen LogP contribution >= 0.6 is 11.3 Å². The van der Waals surface area contributed by atoms with Crippen LogP contribution in [0.5, 0.6) is 23.0 Å². The number of hydrogen-bond acceptors (Lipinski definition) is 11. The largest absolute Gasteiger partial charge is 0.490 e. The van der Waals surface area contributed by atoms with Gasteiger partial charge in [0.25, 0.3) is 5.56 Å². The Morgan fingerprint density at radius 2 is 1.64 bits per heavy atom. The minimum atomic E-state index is -0.870. The van der Waals surface area contributed by atoms with Gasteiger partial charge in [-0.25, -0.2) is 14.6 Å². The van der Waals surface area contributed by atoms with Crippen molar-refractivity contribution in [3.05, 3.63) is 91.1 Å². The average Bonchev–Trinajstić information content (AvgIpc) is 3.33. The van der Waals surface area contributed by atoms with Crippen LogP contribution in [0, 0.1) is 0 Å². The number of aromatic nitrogens is 1. The molecule has 0 saturated heterocycles. The molecule has 0 fully saturated rings. The summed E-state index contributed by atoms with van der Waals surface area (Å²) in [4.78, 5) is 44.1. The first kappa shape index (κ1) is 33.1. The van der Waals surface area contributed by atoms with Gasteiger partial charge in [-0.15, -0.1) is 0 Å². The fourth-order valence-electron chi connectivity index (χ4n) is 4.69. The Balaban J connectivity index is 1.87. The standard InChI is InChI=1S/C33H36N2O9S/c1-7-15-43-23-13-11-21(16-25(23)40-8-2)17-27-31(37)35-30(29(32(38)42-10-4)20(5)34-33(35)45-27)22-12-14-24(26(18-22)41-9-3)44-19-28(36)39-6/h7,11-14,16-18,30H,1,8-10,15,19H2,2-6H3/b27-17-/t30-/m0/s1. The van der Waals surface area contributed by atoms with Crippen LogP contribution in [-0.2, 0) is 19.1 Å². The summed E-state index contributed by atoms with van der Waals surface area (Å²) in [6, 6.07) is 9.56. The lowest BCUT2D eigenvalue weighted by molar-refractivity contribution is -0.143. The normalized spacial score (nSPS) is 14.2. The highest BCUT2D eigenvalue weighted by Gasteiger charge is 2.34. The molecular weight excluding hydrogens is 600 g/mol. The number of carbonyl (C=O) groups is 2. The first-order valence-electron chi connectivity index (χ1n) is 14.4. The van der Waals surface area contributed by atoms with Gasteiger partial charge in [0.1, 0.15) is 6.61 Å². The van der Waals surface area contributed by atoms with Gasteiger partial charge in [0, 0.05) is 0 Å². The summed E-state index contributed by atoms with van der Waals surface area (Å²) < 4.78 is 34.9. The monoisotopic (exact) mass is 636 g/mol. The maximum Gasteiger partial charge on any atom is 0.343 e. The van der Waals surface area contributed by atoms with Crippen LogP contribution < -0.4 is 33.8 Å². The lowest BCUT2D eigenvalue weighted by Gasteiger charge is -2.25. The maximum absolute atomic E-state index is 14.1. The second-order valence-electron chi connectivity index (χ2n) is 9.55. The zero-order valence-corrected chi connectivity index (χ0v) is 26.7. The van der Waals surface area contributed by atoms with Crippen LogP contribution in [0.25, 0.3) is 6.08 Å². The van der Waals surface area contributed by atoms with Gasteiger partial charge in [0.05, 0.1) is 48.8 Å². The summed E-state index contributed by atoms with van der Waals surface area (Å²) >= 11 is 1.20. The van der Waals surface area contributed by atoms with Crippen LogP contribution in [0.3, 0.4) is 0 Å². The lowest BCUT2D eigenvalue weighted by Crippen LogP contribution is -2.40. The van der Waals surface area contributed by atoms with Crippen molar-refractivity contribution in [2.24, 2.45) is 4.99 Å². The van der Waals surface area contributed by atoms with Gasteiger partial charge in [-0.2, -0.15) is 0 Å². The van der Waals surface area contributed by atoms with Crippen molar-refractivity contribution < 1.29 is 38.0 Å². The van der Waals surface area contributed by atoms with E-state index < -0.39 is 18.0 Å². The van der Waals surface area contributed by atoms with E-state index in [2.05, 4.69) is 16.3 Å². The second-order valence-corrected chi connectivity index (χ2v) is 10.6. The van der Waals surface area contributed by atoms with E-state index in [1.54, 1.807) is 56.3 Å². The zero-order valence-electron chi connectivity index (χ0n) is 25.9. The van der Waals surface area contributed by atoms with Crippen molar-refractivity contribution in [1.82, 2.24) is 4.57 Å². The Bertz CT molecular complexity index is 1790. The molecule has 2 aromatic carbocycles. The number of hydrogen-bond donors (Lipinski definition) is 0. The quantitative estimate of drug-likeness (QED) is 0.192. The molecule has 12 heteroatoms. The van der Waals surface area contributed by atoms with Gasteiger partial charge < -0.3 is 28.4 Å². The third-order valence-corrected chi connectivity index (χ3v) is 7.58. The number of esters is 2. The van der Waals surface area contributed by atoms with Gasteiger partial charge in [0.15, 0.2) is 34.4 Å². The number of nitrogens with zero attached hydrogens (tertiary/aromatic N) is 2. The smallest absolute Gasteiger partial charge is 0.343 e. The summed E-state index contributed by atoms with van der Waals surface area (Å²) in [5.74, 6) is 0.609. The molecule has 0 unspecified atom stereocenters. The van der Waals surface area contributed by atoms with Crippen molar-refractivity contribution in [3.63, 3.8) is 0 Å². The molecule has 3 aromatic rings. The Morgan fingerprint density at radius 1 is 0.956 bits per heavy atom. The SMILES string of the molecule is C=CCOc1ccc(/C=c2\sc3n(c2=O)[C@@H](c2ccc(OCC(=O)OC)c(OCC)c2)C(C(=O)OCC)=C(C)N=3)cc1OCC. The molecule has 0 amide bonds. The summed E-state index contributed by atoms with van der Waals surface area (Å²) in [5, 5.41) is 0. The fraction of sp³-hybridized carbons (Fsp3) is 0.333. The van der Waals surface area contributed by atoms with Gasteiger partial charge in [-0.3, -0.25) is 9.36 Å². The van der Waals surface area contributed by atoms with E-state index in [1.807, 2.05) is 19.9 Å². The summed E-state index contributed by atoms with van der Waals surface area (Å²) in [5.41, 5.74) is 1.60. The first-order valence-corrected chi connectivity index (χ1v) is 15.2. The Kier molecular flexibility index (Phi) is 11.2. The fourth-order valence-corrected chi connectivity index (χ4v) is 5.73. The summed E-state index contributed by atoms with van der Waals surface area (Å²) in [6.45, 7) is 11.7. The molecule has 45 heavy (non-hydrogen) atoms. The van der Waals surface area contributed by atoms with Gasteiger partial charge in [-0.05, 0) is 69.2 Å². The van der Waals surface area contributed by atoms with E-state index in [0.29, 0.717) is 63.4 Å². The highest BCUT2D eigenvalue weighted by Crippen LogP contribution is 2.36. The van der Waals surface area contributed by atoms with Crippen LogP contribution in [-0.4, -0.2) is 56.6 Å². The Morgan fingerprint density at radius 3 is 2.31 bits per heavy atom. The van der Waals surface area contributed by atoms with Crippen LogP contribution in [0.1, 0.15) is 44.9 Å². The maximum atomic E-state index is 14.1. The summed E-state index contributed by atoms with van der Waals surface area (Å²) in [7, 11) is 1.27. The number of fused-ring (bicyclic) bond motifs is 1. The molecule has 0 spiro atoms. The third kappa shape index (κ3) is 7.46. The van der Waals surface area contributed by atoms with Crippen LogP contribution in [0.2, 0.25) is 0 Å². The molecule has 1 aliphatic rings. The molecule has 0 saturated carbocycles. The topological polar surface area (TPSA) is 124 Å². The van der Waals surface area contributed by atoms with Crippen molar-refractivity contribution in [2.45, 2.75) is 33.7 Å². The van der Waals surface area contributed by atoms with Crippen molar-refractivity contribution >= 4 is 29.4 Å². The molecule has 0 radical (unpaired) electrons. The number of benzene rings is 2. The highest BCUT2D eigenvalue weighted by molar-refractivity contribution is 7.07. The first-order chi connectivity index (χ1) is 21.8. The van der Waals surface area contributed by atoms with E-state index in [4.69, 9.17) is 23.7 Å². The van der Waals surface area contributed by atoms with Gasteiger partial charge in [-0.1, -0.05) is 36.1 Å². The third-order valence-electron chi connectivity index (χ3n) is 6.60. The van der Waals surface area contributed by atoms with Crippen LogP contribution in [0.15, 0.2) is 70.1 Å². The van der Waals surface area contributed by atoms with Crippen molar-refractivity contribution in [1.29, 1.82) is 0 Å². The second kappa shape index (κ2) is 15.2. The molecule has 238 valence electrons. The van der Waals surface area contributed by atoms with E-state index in [0.717, 1.165) is 5.56 Å². The number of rotatable bonds is 14. The molecule has 0 bridgehead atoms. The number of allylic oxidation sites excluding steroid dienone is 1. The minimum absolute atomic E-state index is 0.145. The van der Waals surface area contributed by atoms with Crippen molar-refractivity contribution in [2.75, 3.05) is 40.1 Å². The number of methoxy groups -OCH3 is 1. The van der Waals surface area contributed by atoms with Gasteiger partial charge in [0.2, 0.25) is 0 Å². The van der Waals surface area contributed by atoms with Crippen molar-refractivity contribution in [3.8, 4) is 23.0 Å². The number of thiazole rings is 1. The molecule has 4 rings (SSSR count). The Hall–Kier alpha value is -4.84. The minimum Gasteiger partial charge on any atom is -0.490 e. The molecule has 2 heterocycles. The number of ether oxygens (including phenoxy) is 6. The molecule has 0 aliphatic carbocycles. The highest BCUT2D eigenvalue weighted by atomic mass is 32.1. The van der Waals surface area contributed by atoms with Crippen LogP contribution in [0.4, 0.5) is 0 Å². The predicted molar refractivity (Wildman–Crippen MR) is 169 cm³/mol. The lowest BCUT2D eigenvalue weighted by atomic mass is 9.95. The number of carbonyl (C=O) groups excluding carboxylic acids is 2. The molecule has 0 N–H and O–H groups in total. The average molecular weight is 637 g/mol. The van der Waals surface area contributed by atoms with E-state index in [-0.39, 0.29) is 24.3 Å². The van der Waals surface area contributed by atoms with Gasteiger partial charge >= 0.3 is 11.9 Å². The molecule has 1 atom stereocenters.